The standard InChI is InChI=1S/C22H17FN2O3S/c1-15-7-9-16(10-8-15)20-25-22(29(26,27)19-5-3-2-4-6-19)21(28-20)24-18-13-11-17(23)12-14-18/h2-14,24H,1H3. The third-order valence-corrected chi connectivity index (χ3v) is 5.98. The van der Waals surface area contributed by atoms with Crippen molar-refractivity contribution in [2.75, 3.05) is 5.32 Å². The van der Waals surface area contributed by atoms with Crippen molar-refractivity contribution in [1.29, 1.82) is 0 Å². The molecule has 4 aromatic rings. The molecule has 1 heterocycles. The van der Waals surface area contributed by atoms with E-state index < -0.39 is 15.7 Å². The fourth-order valence-corrected chi connectivity index (χ4v) is 4.04. The van der Waals surface area contributed by atoms with E-state index in [-0.39, 0.29) is 21.7 Å². The number of rotatable bonds is 5. The van der Waals surface area contributed by atoms with E-state index in [1.165, 1.54) is 36.4 Å². The Labute approximate surface area is 167 Å². The highest BCUT2D eigenvalue weighted by Gasteiger charge is 2.28. The predicted molar refractivity (Wildman–Crippen MR) is 108 cm³/mol. The Balaban J connectivity index is 1.83. The van der Waals surface area contributed by atoms with E-state index >= 15 is 0 Å². The lowest BCUT2D eigenvalue weighted by Gasteiger charge is -2.06. The second kappa shape index (κ2) is 7.52. The van der Waals surface area contributed by atoms with Gasteiger partial charge in [-0.1, -0.05) is 35.9 Å². The monoisotopic (exact) mass is 408 g/mol. The van der Waals surface area contributed by atoms with Gasteiger partial charge in [0.1, 0.15) is 5.82 Å². The number of anilines is 2. The Morgan fingerprint density at radius 2 is 1.55 bits per heavy atom. The maximum atomic E-state index is 13.2. The van der Waals surface area contributed by atoms with Crippen molar-refractivity contribution in [3.63, 3.8) is 0 Å². The number of aromatic nitrogens is 1. The van der Waals surface area contributed by atoms with Crippen LogP contribution >= 0.6 is 0 Å². The Bertz CT molecular complexity index is 1230. The van der Waals surface area contributed by atoms with Gasteiger partial charge in [0.05, 0.1) is 4.90 Å². The molecule has 0 amide bonds. The minimum absolute atomic E-state index is 0.0314. The molecule has 0 unspecified atom stereocenters. The molecular formula is C22H17FN2O3S. The van der Waals surface area contributed by atoms with Crippen LogP contribution in [0.3, 0.4) is 0 Å². The summed E-state index contributed by atoms with van der Waals surface area (Å²) in [5.41, 5.74) is 2.18. The molecule has 1 aromatic heterocycles. The summed E-state index contributed by atoms with van der Waals surface area (Å²) < 4.78 is 45.4. The Hall–Kier alpha value is -3.45. The molecule has 29 heavy (non-hydrogen) atoms. The van der Waals surface area contributed by atoms with E-state index in [4.69, 9.17) is 4.42 Å². The van der Waals surface area contributed by atoms with Gasteiger partial charge in [0.2, 0.25) is 26.6 Å². The van der Waals surface area contributed by atoms with Gasteiger partial charge in [0.15, 0.2) is 0 Å². The van der Waals surface area contributed by atoms with Crippen molar-refractivity contribution in [2.45, 2.75) is 16.8 Å². The van der Waals surface area contributed by atoms with E-state index in [2.05, 4.69) is 10.3 Å². The molecule has 7 heteroatoms. The first-order valence-electron chi connectivity index (χ1n) is 8.84. The first-order valence-corrected chi connectivity index (χ1v) is 10.3. The number of hydrogen-bond donors (Lipinski definition) is 1. The van der Waals surface area contributed by atoms with Crippen LogP contribution in [0.15, 0.2) is 93.2 Å². The summed E-state index contributed by atoms with van der Waals surface area (Å²) in [5, 5.41) is 2.67. The molecule has 0 bridgehead atoms. The SMILES string of the molecule is Cc1ccc(-c2nc(S(=O)(=O)c3ccccc3)c(Nc3ccc(F)cc3)o2)cc1. The number of nitrogens with zero attached hydrogens (tertiary/aromatic N) is 1. The van der Waals surface area contributed by atoms with Gasteiger partial charge in [-0.15, -0.1) is 0 Å². The average Bonchev–Trinajstić information content (AvgIpc) is 3.15. The van der Waals surface area contributed by atoms with Crippen molar-refractivity contribution in [3.05, 3.63) is 90.2 Å². The van der Waals surface area contributed by atoms with Crippen LogP contribution in [0.25, 0.3) is 11.5 Å². The zero-order chi connectivity index (χ0) is 20.4. The lowest BCUT2D eigenvalue weighted by molar-refractivity contribution is 0.581. The van der Waals surface area contributed by atoms with E-state index in [1.54, 1.807) is 18.2 Å². The highest BCUT2D eigenvalue weighted by atomic mass is 32.2. The van der Waals surface area contributed by atoms with Crippen LogP contribution in [0.1, 0.15) is 5.56 Å². The van der Waals surface area contributed by atoms with Gasteiger partial charge in [-0.05, 0) is 55.5 Å². The summed E-state index contributed by atoms with van der Waals surface area (Å²) in [6.45, 7) is 1.95. The van der Waals surface area contributed by atoms with Crippen molar-refractivity contribution < 1.29 is 17.2 Å². The maximum absolute atomic E-state index is 13.2. The Morgan fingerprint density at radius 3 is 2.21 bits per heavy atom. The fourth-order valence-electron chi connectivity index (χ4n) is 2.76. The molecular weight excluding hydrogens is 391 g/mol. The van der Waals surface area contributed by atoms with E-state index in [0.29, 0.717) is 11.3 Å². The third-order valence-electron chi connectivity index (χ3n) is 4.30. The molecule has 0 radical (unpaired) electrons. The second-order valence-electron chi connectivity index (χ2n) is 6.47. The molecule has 0 atom stereocenters. The van der Waals surface area contributed by atoms with Crippen LogP contribution in [0.4, 0.5) is 16.0 Å². The van der Waals surface area contributed by atoms with Gasteiger partial charge >= 0.3 is 0 Å². The number of halogens is 1. The molecule has 0 aliphatic rings. The topological polar surface area (TPSA) is 72.2 Å². The number of aryl methyl sites for hydroxylation is 1. The van der Waals surface area contributed by atoms with Crippen LogP contribution in [0.5, 0.6) is 0 Å². The molecule has 3 aromatic carbocycles. The van der Waals surface area contributed by atoms with Gasteiger partial charge in [-0.2, -0.15) is 4.98 Å². The van der Waals surface area contributed by atoms with Gasteiger partial charge < -0.3 is 9.73 Å². The number of sulfone groups is 1. The molecule has 4 rings (SSSR count). The largest absolute Gasteiger partial charge is 0.419 e. The molecule has 0 aliphatic heterocycles. The minimum Gasteiger partial charge on any atom is -0.419 e. The van der Waals surface area contributed by atoms with Crippen LogP contribution < -0.4 is 5.32 Å². The molecule has 1 N–H and O–H groups in total. The summed E-state index contributed by atoms with van der Waals surface area (Å²) in [4.78, 5) is 4.38. The quantitative estimate of drug-likeness (QED) is 0.481. The number of nitrogens with one attached hydrogen (secondary N) is 1. The van der Waals surface area contributed by atoms with Crippen LogP contribution in [-0.2, 0) is 9.84 Å². The van der Waals surface area contributed by atoms with Crippen molar-refractivity contribution in [3.8, 4) is 11.5 Å². The molecule has 0 aliphatic carbocycles. The minimum atomic E-state index is -3.93. The van der Waals surface area contributed by atoms with Gasteiger partial charge in [0.25, 0.3) is 0 Å². The average molecular weight is 408 g/mol. The zero-order valence-electron chi connectivity index (χ0n) is 15.5. The maximum Gasteiger partial charge on any atom is 0.238 e. The Kier molecular flexibility index (Phi) is 4.90. The molecule has 0 fully saturated rings. The van der Waals surface area contributed by atoms with Crippen molar-refractivity contribution >= 4 is 21.4 Å². The highest BCUT2D eigenvalue weighted by Crippen LogP contribution is 2.34. The van der Waals surface area contributed by atoms with Crippen LogP contribution in [0.2, 0.25) is 0 Å². The van der Waals surface area contributed by atoms with Gasteiger partial charge in [0, 0.05) is 11.3 Å². The molecule has 5 nitrogen and oxygen atoms in total. The van der Waals surface area contributed by atoms with E-state index in [1.807, 2.05) is 31.2 Å². The molecule has 0 spiro atoms. The lowest BCUT2D eigenvalue weighted by Crippen LogP contribution is -2.05. The molecule has 146 valence electrons. The van der Waals surface area contributed by atoms with Crippen LogP contribution in [-0.4, -0.2) is 13.4 Å². The summed E-state index contributed by atoms with van der Waals surface area (Å²) in [6, 6.07) is 20.9. The number of oxazole rings is 1. The van der Waals surface area contributed by atoms with Gasteiger partial charge in [-0.3, -0.25) is 0 Å². The molecule has 0 saturated heterocycles. The van der Waals surface area contributed by atoms with Crippen LogP contribution in [0, 0.1) is 12.7 Å². The highest BCUT2D eigenvalue weighted by molar-refractivity contribution is 7.91. The molecule has 0 saturated carbocycles. The van der Waals surface area contributed by atoms with Crippen molar-refractivity contribution in [1.82, 2.24) is 4.98 Å². The first kappa shape index (κ1) is 18.9. The smallest absolute Gasteiger partial charge is 0.238 e. The van der Waals surface area contributed by atoms with E-state index in [0.717, 1.165) is 5.56 Å². The predicted octanol–water partition coefficient (Wildman–Crippen LogP) is 5.37. The fraction of sp³-hybridized carbons (Fsp3) is 0.0455. The van der Waals surface area contributed by atoms with E-state index in [9.17, 15) is 12.8 Å². The second-order valence-corrected chi connectivity index (χ2v) is 8.33. The number of hydrogen-bond acceptors (Lipinski definition) is 5. The van der Waals surface area contributed by atoms with Gasteiger partial charge in [-0.25, -0.2) is 12.8 Å². The third kappa shape index (κ3) is 3.90. The first-order chi connectivity index (χ1) is 13.9. The summed E-state index contributed by atoms with van der Waals surface area (Å²) in [6.07, 6.45) is 0. The summed E-state index contributed by atoms with van der Waals surface area (Å²) >= 11 is 0. The summed E-state index contributed by atoms with van der Waals surface area (Å²) in [5.74, 6) is -0.259. The normalized spacial score (nSPS) is 11.4. The zero-order valence-corrected chi connectivity index (χ0v) is 16.3. The Morgan fingerprint density at radius 1 is 0.897 bits per heavy atom. The number of benzene rings is 3. The van der Waals surface area contributed by atoms with Crippen molar-refractivity contribution in [2.24, 2.45) is 0 Å². The lowest BCUT2D eigenvalue weighted by atomic mass is 10.1. The summed E-state index contributed by atoms with van der Waals surface area (Å²) in [7, 11) is -3.93.